The van der Waals surface area contributed by atoms with E-state index in [1.807, 2.05) is 0 Å². The lowest BCUT2D eigenvalue weighted by molar-refractivity contribution is -0.143. The summed E-state index contributed by atoms with van der Waals surface area (Å²) in [6.45, 7) is 1.66. The van der Waals surface area contributed by atoms with Crippen molar-refractivity contribution in [3.05, 3.63) is 60.0 Å². The lowest BCUT2D eigenvalue weighted by atomic mass is 10.1. The van der Waals surface area contributed by atoms with Crippen molar-refractivity contribution in [2.24, 2.45) is 0 Å². The predicted molar refractivity (Wildman–Crippen MR) is 119 cm³/mol. The largest absolute Gasteiger partial charge is 0.465 e. The van der Waals surface area contributed by atoms with Gasteiger partial charge < -0.3 is 25.1 Å². The van der Waals surface area contributed by atoms with E-state index in [0.717, 1.165) is 12.1 Å². The Hall–Kier alpha value is -4.35. The molecule has 0 aliphatic heterocycles. The molecule has 0 unspecified atom stereocenters. The van der Waals surface area contributed by atoms with Gasteiger partial charge in [-0.15, -0.1) is 10.2 Å². The summed E-state index contributed by atoms with van der Waals surface area (Å²) in [5.41, 5.74) is 0.109. The summed E-state index contributed by atoms with van der Waals surface area (Å²) in [6.07, 6.45) is 1.03. The lowest BCUT2D eigenvalue weighted by Gasteiger charge is -2.10. The Morgan fingerprint density at radius 2 is 1.69 bits per heavy atom. The number of hydrogen-bond acceptors (Lipinski definition) is 7. The van der Waals surface area contributed by atoms with Gasteiger partial charge in [0.15, 0.2) is 11.6 Å². The number of urea groups is 1. The zero-order chi connectivity index (χ0) is 25.0. The molecule has 2 aromatic carbocycles. The first kappa shape index (κ1) is 23.8. The van der Waals surface area contributed by atoms with Crippen LogP contribution in [0.2, 0.25) is 0 Å². The van der Waals surface area contributed by atoms with Crippen LogP contribution in [0.15, 0.2) is 46.9 Å². The second-order valence-corrected chi connectivity index (χ2v) is 7.77. The van der Waals surface area contributed by atoms with Crippen molar-refractivity contribution in [1.82, 2.24) is 15.5 Å². The summed E-state index contributed by atoms with van der Waals surface area (Å²) >= 11 is 0. The van der Waals surface area contributed by atoms with Gasteiger partial charge in [-0.2, -0.15) is 0 Å². The summed E-state index contributed by atoms with van der Waals surface area (Å²) in [4.78, 5) is 36.2. The number of carbonyl (C=O) groups excluding carboxylic acids is 3. The number of ether oxygens (including phenoxy) is 1. The number of hydrogen-bond donors (Lipinski definition) is 3. The fraction of sp³-hybridized carbons (Fsp3) is 0.261. The van der Waals surface area contributed by atoms with E-state index in [0.29, 0.717) is 24.1 Å². The molecule has 3 amide bonds. The topological polar surface area (TPSA) is 135 Å². The Labute approximate surface area is 198 Å². The highest BCUT2D eigenvalue weighted by Crippen LogP contribution is 2.48. The van der Waals surface area contributed by atoms with Crippen LogP contribution in [0.1, 0.15) is 25.7 Å². The molecule has 10 nitrogen and oxygen atoms in total. The van der Waals surface area contributed by atoms with Crippen LogP contribution in [-0.4, -0.2) is 41.3 Å². The molecule has 1 fully saturated rings. The third kappa shape index (κ3) is 5.42. The van der Waals surface area contributed by atoms with Gasteiger partial charge in [0.05, 0.1) is 6.61 Å². The van der Waals surface area contributed by atoms with Gasteiger partial charge >= 0.3 is 12.0 Å². The molecule has 12 heteroatoms. The van der Waals surface area contributed by atoms with Crippen LogP contribution in [-0.2, 0) is 19.7 Å². The Morgan fingerprint density at radius 1 is 1.00 bits per heavy atom. The molecule has 1 saturated carbocycles. The van der Waals surface area contributed by atoms with Crippen molar-refractivity contribution in [3.63, 3.8) is 0 Å². The van der Waals surface area contributed by atoms with Gasteiger partial charge in [0.2, 0.25) is 17.7 Å². The molecule has 182 valence electrons. The maximum absolute atomic E-state index is 13.3. The van der Waals surface area contributed by atoms with E-state index in [1.165, 1.54) is 6.07 Å². The number of aromatic nitrogens is 2. The first-order chi connectivity index (χ1) is 16.8. The van der Waals surface area contributed by atoms with Crippen LogP contribution in [0.3, 0.4) is 0 Å². The standard InChI is InChI=1S/C23H21F2N5O5/c1-2-34-18(31)12-26-20(32)23(9-10-23)21-30-29-19(35-21)13-3-5-14(6-4-13)27-22(33)28-15-7-8-16(24)17(25)11-15/h3-8,11H,2,9-10,12H2,1H3,(H,26,32)(H2,27,28,33). The molecule has 0 spiro atoms. The molecular weight excluding hydrogens is 464 g/mol. The average Bonchev–Trinajstić information content (AvgIpc) is 3.50. The van der Waals surface area contributed by atoms with Crippen molar-refractivity contribution in [2.75, 3.05) is 23.8 Å². The van der Waals surface area contributed by atoms with Gasteiger partial charge in [-0.05, 0) is 56.2 Å². The van der Waals surface area contributed by atoms with E-state index in [2.05, 4.69) is 26.1 Å². The molecule has 0 radical (unpaired) electrons. The van der Waals surface area contributed by atoms with Crippen LogP contribution in [0.25, 0.3) is 11.5 Å². The van der Waals surface area contributed by atoms with Crippen LogP contribution in [0.5, 0.6) is 0 Å². The lowest BCUT2D eigenvalue weighted by Crippen LogP contribution is -2.38. The van der Waals surface area contributed by atoms with Gasteiger partial charge in [-0.25, -0.2) is 13.6 Å². The van der Waals surface area contributed by atoms with E-state index in [1.54, 1.807) is 31.2 Å². The van der Waals surface area contributed by atoms with E-state index in [4.69, 9.17) is 9.15 Å². The number of benzene rings is 2. The highest BCUT2D eigenvalue weighted by atomic mass is 19.2. The predicted octanol–water partition coefficient (Wildman–Crippen LogP) is 3.37. The van der Waals surface area contributed by atoms with Gasteiger partial charge in [0.1, 0.15) is 12.0 Å². The monoisotopic (exact) mass is 485 g/mol. The first-order valence-electron chi connectivity index (χ1n) is 10.7. The summed E-state index contributed by atoms with van der Waals surface area (Å²) in [6, 6.07) is 8.80. The number of anilines is 2. The Bertz CT molecular complexity index is 1260. The molecule has 0 saturated heterocycles. The Kier molecular flexibility index (Phi) is 6.71. The Balaban J connectivity index is 1.36. The van der Waals surface area contributed by atoms with E-state index in [9.17, 15) is 23.2 Å². The molecule has 35 heavy (non-hydrogen) atoms. The van der Waals surface area contributed by atoms with Crippen LogP contribution in [0, 0.1) is 11.6 Å². The minimum absolute atomic E-state index is 0.0942. The number of nitrogens with zero attached hydrogens (tertiary/aromatic N) is 2. The molecule has 0 bridgehead atoms. The van der Waals surface area contributed by atoms with Gasteiger partial charge in [-0.3, -0.25) is 9.59 Å². The second kappa shape index (κ2) is 9.87. The van der Waals surface area contributed by atoms with Crippen LogP contribution >= 0.6 is 0 Å². The first-order valence-corrected chi connectivity index (χ1v) is 10.7. The van der Waals surface area contributed by atoms with E-state index >= 15 is 0 Å². The third-order valence-electron chi connectivity index (χ3n) is 5.28. The molecule has 1 aromatic heterocycles. The number of carbonyl (C=O) groups is 3. The van der Waals surface area contributed by atoms with Crippen LogP contribution < -0.4 is 16.0 Å². The second-order valence-electron chi connectivity index (χ2n) is 7.77. The smallest absolute Gasteiger partial charge is 0.325 e. The van der Waals surface area contributed by atoms with Gasteiger partial charge in [0.25, 0.3) is 0 Å². The molecule has 3 N–H and O–H groups in total. The van der Waals surface area contributed by atoms with E-state index < -0.39 is 29.0 Å². The third-order valence-corrected chi connectivity index (χ3v) is 5.28. The molecule has 4 rings (SSSR count). The molecule has 1 aliphatic rings. The van der Waals surface area contributed by atoms with Crippen molar-refractivity contribution in [3.8, 4) is 11.5 Å². The molecule has 0 atom stereocenters. The molecule has 1 aliphatic carbocycles. The summed E-state index contributed by atoms with van der Waals surface area (Å²) in [5, 5.41) is 15.5. The number of halogens is 2. The maximum Gasteiger partial charge on any atom is 0.325 e. The van der Waals surface area contributed by atoms with Crippen molar-refractivity contribution >= 4 is 29.3 Å². The Morgan fingerprint density at radius 3 is 2.34 bits per heavy atom. The minimum atomic E-state index is -1.07. The summed E-state index contributed by atoms with van der Waals surface area (Å²) in [7, 11) is 0. The fourth-order valence-corrected chi connectivity index (χ4v) is 3.29. The SMILES string of the molecule is CCOC(=O)CNC(=O)C1(c2nnc(-c3ccc(NC(=O)Nc4ccc(F)c(F)c4)cc3)o2)CC1. The summed E-state index contributed by atoms with van der Waals surface area (Å²) in [5.74, 6) is -2.66. The highest BCUT2D eigenvalue weighted by molar-refractivity contribution is 5.99. The van der Waals surface area contributed by atoms with Crippen LogP contribution in [0.4, 0.5) is 25.0 Å². The number of amides is 3. The zero-order valence-electron chi connectivity index (χ0n) is 18.6. The summed E-state index contributed by atoms with van der Waals surface area (Å²) < 4.78 is 36.8. The van der Waals surface area contributed by atoms with Crippen molar-refractivity contribution in [1.29, 1.82) is 0 Å². The van der Waals surface area contributed by atoms with E-state index in [-0.39, 0.29) is 36.5 Å². The number of nitrogens with one attached hydrogen (secondary N) is 3. The minimum Gasteiger partial charge on any atom is -0.465 e. The number of esters is 1. The van der Waals surface area contributed by atoms with Gasteiger partial charge in [0, 0.05) is 23.0 Å². The van der Waals surface area contributed by atoms with Gasteiger partial charge in [-0.1, -0.05) is 0 Å². The maximum atomic E-state index is 13.3. The quantitative estimate of drug-likeness (QED) is 0.416. The molecule has 3 aromatic rings. The molecular formula is C23H21F2N5O5. The highest BCUT2D eigenvalue weighted by Gasteiger charge is 2.56. The number of rotatable bonds is 8. The zero-order valence-corrected chi connectivity index (χ0v) is 18.6. The van der Waals surface area contributed by atoms with Crippen molar-refractivity contribution < 1.29 is 32.3 Å². The normalized spacial score (nSPS) is 13.6. The average molecular weight is 485 g/mol. The van der Waals surface area contributed by atoms with Crippen molar-refractivity contribution in [2.45, 2.75) is 25.2 Å². The molecule has 1 heterocycles. The fourth-order valence-electron chi connectivity index (χ4n) is 3.29.